The van der Waals surface area contributed by atoms with Crippen LogP contribution in [-0.4, -0.2) is 28.6 Å². The van der Waals surface area contributed by atoms with Gasteiger partial charge in [0.15, 0.2) is 0 Å². The number of aromatic nitrogens is 1. The highest BCUT2D eigenvalue weighted by Gasteiger charge is 2.29. The first-order chi connectivity index (χ1) is 8.25. The van der Waals surface area contributed by atoms with Crippen LogP contribution in [0.15, 0.2) is 24.5 Å². The number of hydrogen-bond donors (Lipinski definition) is 2. The number of pyridine rings is 1. The molecule has 1 atom stereocenters. The molecule has 0 saturated heterocycles. The van der Waals surface area contributed by atoms with Gasteiger partial charge in [-0.3, -0.25) is 9.78 Å². The zero-order valence-electron chi connectivity index (χ0n) is 9.80. The average molecular weight is 234 g/mol. The van der Waals surface area contributed by atoms with Crippen LogP contribution in [0.25, 0.3) is 0 Å². The fraction of sp³-hybridized carbons (Fsp3) is 0.538. The minimum absolute atomic E-state index is 0.00597. The summed E-state index contributed by atoms with van der Waals surface area (Å²) in [5.41, 5.74) is 1.06. The molecule has 1 aliphatic carbocycles. The first kappa shape index (κ1) is 12.0. The van der Waals surface area contributed by atoms with Gasteiger partial charge >= 0.3 is 0 Å². The van der Waals surface area contributed by atoms with Gasteiger partial charge in [0.2, 0.25) is 5.91 Å². The molecule has 92 valence electrons. The summed E-state index contributed by atoms with van der Waals surface area (Å²) in [4.78, 5) is 15.5. The number of hydrogen-bond acceptors (Lipinski definition) is 3. The molecule has 2 N–H and O–H groups in total. The van der Waals surface area contributed by atoms with Crippen LogP contribution in [0.2, 0.25) is 0 Å². The molecule has 1 fully saturated rings. The third-order valence-electron chi connectivity index (χ3n) is 3.04. The van der Waals surface area contributed by atoms with Crippen molar-refractivity contribution in [2.45, 2.75) is 31.8 Å². The third kappa shape index (κ3) is 4.15. The van der Waals surface area contributed by atoms with Gasteiger partial charge in [-0.15, -0.1) is 0 Å². The number of carbonyl (C=O) groups is 1. The van der Waals surface area contributed by atoms with Crippen molar-refractivity contribution in [1.82, 2.24) is 10.3 Å². The van der Waals surface area contributed by atoms with E-state index in [-0.39, 0.29) is 12.0 Å². The summed E-state index contributed by atoms with van der Waals surface area (Å²) in [6.45, 7) is 0.385. The molecule has 1 aliphatic rings. The average Bonchev–Trinajstić information content (AvgIpc) is 3.19. The minimum Gasteiger partial charge on any atom is -0.391 e. The maximum Gasteiger partial charge on any atom is 0.220 e. The highest BCUT2D eigenvalue weighted by Crippen LogP contribution is 2.32. The minimum atomic E-state index is -0.364. The van der Waals surface area contributed by atoms with Crippen LogP contribution in [0, 0.1) is 5.92 Å². The molecule has 1 saturated carbocycles. The van der Waals surface area contributed by atoms with Crippen LogP contribution in [0.3, 0.4) is 0 Å². The third-order valence-corrected chi connectivity index (χ3v) is 3.04. The Morgan fingerprint density at radius 3 is 3.06 bits per heavy atom. The van der Waals surface area contributed by atoms with Crippen LogP contribution in [0.1, 0.15) is 24.8 Å². The van der Waals surface area contributed by atoms with Gasteiger partial charge in [-0.05, 0) is 36.8 Å². The van der Waals surface area contributed by atoms with Crippen molar-refractivity contribution in [1.29, 1.82) is 0 Å². The number of carbonyl (C=O) groups excluding carboxylic acids is 1. The van der Waals surface area contributed by atoms with Gasteiger partial charge < -0.3 is 10.4 Å². The van der Waals surface area contributed by atoms with Crippen LogP contribution in [0.4, 0.5) is 0 Å². The summed E-state index contributed by atoms with van der Waals surface area (Å²) in [5, 5.41) is 12.4. The lowest BCUT2D eigenvalue weighted by Gasteiger charge is -2.10. The molecule has 0 radical (unpaired) electrons. The van der Waals surface area contributed by atoms with Gasteiger partial charge in [0, 0.05) is 25.4 Å². The Morgan fingerprint density at radius 2 is 2.41 bits per heavy atom. The van der Waals surface area contributed by atoms with Crippen molar-refractivity contribution in [2.24, 2.45) is 5.92 Å². The smallest absolute Gasteiger partial charge is 0.220 e. The molecule has 4 heteroatoms. The van der Waals surface area contributed by atoms with Crippen molar-refractivity contribution in [3.05, 3.63) is 30.1 Å². The summed E-state index contributed by atoms with van der Waals surface area (Å²) >= 11 is 0. The van der Waals surface area contributed by atoms with Gasteiger partial charge in [-0.2, -0.15) is 0 Å². The SMILES string of the molecule is O=C(CCc1cccnc1)NCC(O)C1CC1. The Balaban J connectivity index is 1.63. The molecule has 0 aliphatic heterocycles. The van der Waals surface area contributed by atoms with E-state index in [9.17, 15) is 9.90 Å². The molecule has 2 rings (SSSR count). The number of aliphatic hydroxyl groups excluding tert-OH is 1. The zero-order chi connectivity index (χ0) is 12.1. The van der Waals surface area contributed by atoms with E-state index in [0.29, 0.717) is 25.3 Å². The predicted octanol–water partition coefficient (Wildman–Crippen LogP) is 0.901. The van der Waals surface area contributed by atoms with Gasteiger partial charge in [0.1, 0.15) is 0 Å². The topological polar surface area (TPSA) is 62.2 Å². The molecule has 0 spiro atoms. The van der Waals surface area contributed by atoms with Crippen molar-refractivity contribution in [3.8, 4) is 0 Å². The van der Waals surface area contributed by atoms with E-state index in [1.54, 1.807) is 12.4 Å². The normalized spacial score (nSPS) is 16.5. The van der Waals surface area contributed by atoms with Gasteiger partial charge in [-0.1, -0.05) is 6.07 Å². The van der Waals surface area contributed by atoms with E-state index >= 15 is 0 Å². The van der Waals surface area contributed by atoms with E-state index in [1.165, 1.54) is 0 Å². The molecule has 1 unspecified atom stereocenters. The fourth-order valence-corrected chi connectivity index (χ4v) is 1.76. The Hall–Kier alpha value is -1.42. The molecule has 0 aromatic carbocycles. The first-order valence-corrected chi connectivity index (χ1v) is 6.09. The molecule has 0 bridgehead atoms. The molecular weight excluding hydrogens is 216 g/mol. The summed E-state index contributed by atoms with van der Waals surface area (Å²) in [7, 11) is 0. The Morgan fingerprint density at radius 1 is 1.59 bits per heavy atom. The predicted molar refractivity (Wildman–Crippen MR) is 64.3 cm³/mol. The van der Waals surface area contributed by atoms with E-state index in [0.717, 1.165) is 18.4 Å². The molecule has 1 aromatic rings. The van der Waals surface area contributed by atoms with Gasteiger partial charge in [0.25, 0.3) is 0 Å². The Bertz CT molecular complexity index is 363. The monoisotopic (exact) mass is 234 g/mol. The van der Waals surface area contributed by atoms with Gasteiger partial charge in [-0.25, -0.2) is 0 Å². The number of amides is 1. The van der Waals surface area contributed by atoms with Crippen molar-refractivity contribution in [2.75, 3.05) is 6.54 Å². The maximum absolute atomic E-state index is 11.5. The zero-order valence-corrected chi connectivity index (χ0v) is 9.80. The van der Waals surface area contributed by atoms with Crippen LogP contribution in [0.5, 0.6) is 0 Å². The quantitative estimate of drug-likeness (QED) is 0.768. The number of aryl methyl sites for hydroxylation is 1. The number of rotatable bonds is 6. The molecule has 4 nitrogen and oxygen atoms in total. The largest absolute Gasteiger partial charge is 0.391 e. The summed E-state index contributed by atoms with van der Waals surface area (Å²) < 4.78 is 0. The second-order valence-corrected chi connectivity index (χ2v) is 4.57. The van der Waals surface area contributed by atoms with E-state index in [2.05, 4.69) is 10.3 Å². The lowest BCUT2D eigenvalue weighted by atomic mass is 10.1. The van der Waals surface area contributed by atoms with Crippen molar-refractivity contribution in [3.63, 3.8) is 0 Å². The molecule has 17 heavy (non-hydrogen) atoms. The number of aliphatic hydroxyl groups is 1. The lowest BCUT2D eigenvalue weighted by molar-refractivity contribution is -0.121. The summed E-state index contributed by atoms with van der Waals surface area (Å²) in [6.07, 6.45) is 6.45. The summed E-state index contributed by atoms with van der Waals surface area (Å²) in [5.74, 6) is 0.405. The maximum atomic E-state index is 11.5. The van der Waals surface area contributed by atoms with E-state index in [1.807, 2.05) is 12.1 Å². The van der Waals surface area contributed by atoms with E-state index < -0.39 is 0 Å². The second kappa shape index (κ2) is 5.77. The molecule has 1 aromatic heterocycles. The van der Waals surface area contributed by atoms with Crippen LogP contribution in [-0.2, 0) is 11.2 Å². The van der Waals surface area contributed by atoms with Crippen molar-refractivity contribution < 1.29 is 9.90 Å². The standard InChI is InChI=1S/C13H18N2O2/c16-12(11-4-5-11)9-15-13(17)6-3-10-2-1-7-14-8-10/h1-2,7-8,11-12,16H,3-6,9H2,(H,15,17). The Kier molecular flexibility index (Phi) is 4.09. The molecular formula is C13H18N2O2. The second-order valence-electron chi connectivity index (χ2n) is 4.57. The number of nitrogens with one attached hydrogen (secondary N) is 1. The Labute approximate surface area is 101 Å². The van der Waals surface area contributed by atoms with Crippen LogP contribution < -0.4 is 5.32 Å². The summed E-state index contributed by atoms with van der Waals surface area (Å²) in [6, 6.07) is 3.82. The molecule has 1 amide bonds. The number of nitrogens with zero attached hydrogens (tertiary/aromatic N) is 1. The van der Waals surface area contributed by atoms with Gasteiger partial charge in [0.05, 0.1) is 6.10 Å². The van der Waals surface area contributed by atoms with Crippen LogP contribution >= 0.6 is 0 Å². The van der Waals surface area contributed by atoms with Crippen molar-refractivity contribution >= 4 is 5.91 Å². The van der Waals surface area contributed by atoms with E-state index in [4.69, 9.17) is 0 Å². The fourth-order valence-electron chi connectivity index (χ4n) is 1.76. The highest BCUT2D eigenvalue weighted by atomic mass is 16.3. The highest BCUT2D eigenvalue weighted by molar-refractivity contribution is 5.76. The first-order valence-electron chi connectivity index (χ1n) is 6.09. The molecule has 1 heterocycles. The lowest BCUT2D eigenvalue weighted by Crippen LogP contribution is -2.33.